The summed E-state index contributed by atoms with van der Waals surface area (Å²) in [5, 5.41) is 2.76. The van der Waals surface area contributed by atoms with Crippen LogP contribution in [0.2, 0.25) is 5.02 Å². The zero-order valence-electron chi connectivity index (χ0n) is 21.0. The molecule has 1 N–H and O–H groups in total. The van der Waals surface area contributed by atoms with Crippen LogP contribution in [0.3, 0.4) is 0 Å². The number of imide groups is 2. The maximum Gasteiger partial charge on any atom is 0.336 e. The van der Waals surface area contributed by atoms with Crippen LogP contribution in [0.1, 0.15) is 18.1 Å². The predicted molar refractivity (Wildman–Crippen MR) is 146 cm³/mol. The lowest BCUT2D eigenvalue weighted by Gasteiger charge is -2.26. The summed E-state index contributed by atoms with van der Waals surface area (Å²) < 4.78 is 16.2. The molecule has 0 atom stereocenters. The van der Waals surface area contributed by atoms with Gasteiger partial charge in [0.1, 0.15) is 11.3 Å². The second-order valence-corrected chi connectivity index (χ2v) is 8.54. The van der Waals surface area contributed by atoms with E-state index < -0.39 is 23.8 Å². The van der Waals surface area contributed by atoms with E-state index in [9.17, 15) is 19.2 Å². The van der Waals surface area contributed by atoms with Crippen LogP contribution in [0.4, 0.5) is 10.5 Å². The summed E-state index contributed by atoms with van der Waals surface area (Å²) in [5.74, 6) is -1.34. The SMILES string of the molecule is CCOc1cc(/C=C2\C(=O)NC(=O)N(c3ccc(OC)cc3)C2=O)ccc1OC(=O)/C=C/c1ccc(Cl)cc1. The number of halogens is 1. The fourth-order valence-corrected chi connectivity index (χ4v) is 3.76. The molecule has 0 unspecified atom stereocenters. The van der Waals surface area contributed by atoms with Crippen LogP contribution in [0.25, 0.3) is 12.2 Å². The molecule has 10 heteroatoms. The quantitative estimate of drug-likeness (QED) is 0.182. The number of esters is 1. The minimum absolute atomic E-state index is 0.152. The second-order valence-electron chi connectivity index (χ2n) is 8.10. The van der Waals surface area contributed by atoms with Crippen molar-refractivity contribution in [2.45, 2.75) is 6.92 Å². The van der Waals surface area contributed by atoms with Crippen molar-refractivity contribution in [3.05, 3.63) is 94.5 Å². The number of methoxy groups -OCH3 is 1. The predicted octanol–water partition coefficient (Wildman–Crippen LogP) is 5.03. The second kappa shape index (κ2) is 12.1. The number of urea groups is 1. The largest absolute Gasteiger partial charge is 0.497 e. The summed E-state index contributed by atoms with van der Waals surface area (Å²) in [6, 6.07) is 16.9. The number of carbonyl (C=O) groups is 4. The molecule has 0 spiro atoms. The molecule has 4 rings (SSSR count). The molecule has 1 heterocycles. The van der Waals surface area contributed by atoms with Crippen molar-refractivity contribution < 1.29 is 33.4 Å². The number of hydrogen-bond acceptors (Lipinski definition) is 7. The van der Waals surface area contributed by atoms with Gasteiger partial charge in [-0.3, -0.25) is 14.9 Å². The summed E-state index contributed by atoms with van der Waals surface area (Å²) in [4.78, 5) is 51.4. The molecule has 9 nitrogen and oxygen atoms in total. The minimum atomic E-state index is -0.865. The van der Waals surface area contributed by atoms with Gasteiger partial charge in [-0.2, -0.15) is 0 Å². The van der Waals surface area contributed by atoms with Gasteiger partial charge in [-0.25, -0.2) is 14.5 Å². The normalized spacial score (nSPS) is 14.5. The van der Waals surface area contributed by atoms with Gasteiger partial charge in [0.05, 0.1) is 19.4 Å². The Balaban J connectivity index is 1.57. The number of ether oxygens (including phenoxy) is 3. The third-order valence-corrected chi connectivity index (χ3v) is 5.76. The fraction of sp³-hybridized carbons (Fsp3) is 0.103. The van der Waals surface area contributed by atoms with Gasteiger partial charge >= 0.3 is 12.0 Å². The molecule has 1 fully saturated rings. The van der Waals surface area contributed by atoms with Gasteiger partial charge in [-0.1, -0.05) is 29.8 Å². The van der Waals surface area contributed by atoms with Crippen molar-refractivity contribution in [2.24, 2.45) is 0 Å². The Morgan fingerprint density at radius 2 is 1.64 bits per heavy atom. The maximum absolute atomic E-state index is 13.2. The van der Waals surface area contributed by atoms with Crippen LogP contribution >= 0.6 is 11.6 Å². The monoisotopic (exact) mass is 546 g/mol. The summed E-state index contributed by atoms with van der Waals surface area (Å²) >= 11 is 5.87. The number of hydrogen-bond donors (Lipinski definition) is 1. The van der Waals surface area contributed by atoms with Crippen LogP contribution < -0.4 is 24.4 Å². The van der Waals surface area contributed by atoms with Crippen molar-refractivity contribution in [2.75, 3.05) is 18.6 Å². The van der Waals surface area contributed by atoms with E-state index in [-0.39, 0.29) is 29.4 Å². The molecule has 0 saturated carbocycles. The molecule has 1 aliphatic heterocycles. The van der Waals surface area contributed by atoms with Gasteiger partial charge in [0.25, 0.3) is 11.8 Å². The highest BCUT2D eigenvalue weighted by molar-refractivity contribution is 6.39. The van der Waals surface area contributed by atoms with Crippen LogP contribution in [0.15, 0.2) is 78.4 Å². The summed E-state index contributed by atoms with van der Waals surface area (Å²) in [6.45, 7) is 2.03. The summed E-state index contributed by atoms with van der Waals surface area (Å²) in [7, 11) is 1.49. The molecule has 198 valence electrons. The third-order valence-electron chi connectivity index (χ3n) is 5.50. The first-order valence-corrected chi connectivity index (χ1v) is 12.1. The van der Waals surface area contributed by atoms with Gasteiger partial charge in [0, 0.05) is 11.1 Å². The van der Waals surface area contributed by atoms with Crippen LogP contribution in [0, 0.1) is 0 Å². The lowest BCUT2D eigenvalue weighted by atomic mass is 10.1. The molecule has 0 aromatic heterocycles. The van der Waals surface area contributed by atoms with Crippen molar-refractivity contribution in [3.8, 4) is 17.2 Å². The first kappa shape index (κ1) is 27.2. The van der Waals surface area contributed by atoms with Gasteiger partial charge in [-0.15, -0.1) is 0 Å². The highest BCUT2D eigenvalue weighted by atomic mass is 35.5. The Hall–Kier alpha value is -4.89. The van der Waals surface area contributed by atoms with Gasteiger partial charge in [0.2, 0.25) is 0 Å². The highest BCUT2D eigenvalue weighted by Crippen LogP contribution is 2.31. The van der Waals surface area contributed by atoms with Crippen LogP contribution in [-0.4, -0.2) is 37.5 Å². The van der Waals surface area contributed by atoms with E-state index in [0.717, 1.165) is 10.5 Å². The topological polar surface area (TPSA) is 111 Å². The van der Waals surface area contributed by atoms with E-state index in [1.807, 2.05) is 0 Å². The number of rotatable bonds is 8. The zero-order chi connectivity index (χ0) is 27.9. The van der Waals surface area contributed by atoms with Crippen LogP contribution in [-0.2, 0) is 14.4 Å². The average molecular weight is 547 g/mol. The minimum Gasteiger partial charge on any atom is -0.497 e. The number of nitrogens with zero attached hydrogens (tertiary/aromatic N) is 1. The standard InChI is InChI=1S/C29H23ClN2O7/c1-3-38-25-17-19(6-14-24(25)39-26(33)15-7-18-4-8-20(30)9-5-18)16-23-27(34)31-29(36)32(28(23)35)21-10-12-22(37-2)13-11-21/h4-17H,3H2,1-2H3,(H,31,34,36)/b15-7+,23-16+. The number of carbonyl (C=O) groups excluding carboxylic acids is 4. The Bertz CT molecular complexity index is 1480. The molecule has 3 aromatic carbocycles. The smallest absolute Gasteiger partial charge is 0.336 e. The van der Waals surface area contributed by atoms with Crippen molar-refractivity contribution in [3.63, 3.8) is 0 Å². The molecule has 4 amide bonds. The third kappa shape index (κ3) is 6.52. The lowest BCUT2D eigenvalue weighted by Crippen LogP contribution is -2.54. The molecular formula is C29H23ClN2O7. The first-order chi connectivity index (χ1) is 18.8. The average Bonchev–Trinajstić information content (AvgIpc) is 2.92. The molecule has 3 aromatic rings. The van der Waals surface area contributed by atoms with E-state index in [4.69, 9.17) is 25.8 Å². The van der Waals surface area contributed by atoms with E-state index in [1.165, 1.54) is 43.5 Å². The molecular weight excluding hydrogens is 524 g/mol. The Morgan fingerprint density at radius 1 is 0.949 bits per heavy atom. The molecule has 39 heavy (non-hydrogen) atoms. The molecule has 0 bridgehead atoms. The van der Waals surface area contributed by atoms with E-state index in [1.54, 1.807) is 55.5 Å². The number of amides is 4. The Labute approximate surface area is 229 Å². The number of nitrogens with one attached hydrogen (secondary N) is 1. The molecule has 0 radical (unpaired) electrons. The Kier molecular flexibility index (Phi) is 8.43. The molecule has 1 saturated heterocycles. The van der Waals surface area contributed by atoms with Crippen molar-refractivity contribution in [1.82, 2.24) is 5.32 Å². The number of anilines is 1. The van der Waals surface area contributed by atoms with Gasteiger partial charge in [-0.05, 0) is 78.7 Å². The first-order valence-electron chi connectivity index (χ1n) is 11.8. The summed E-state index contributed by atoms with van der Waals surface area (Å²) in [6.07, 6.45) is 4.18. The molecule has 1 aliphatic rings. The Morgan fingerprint density at radius 3 is 2.31 bits per heavy atom. The van der Waals surface area contributed by atoms with Crippen LogP contribution in [0.5, 0.6) is 17.2 Å². The lowest BCUT2D eigenvalue weighted by molar-refractivity contribution is -0.129. The van der Waals surface area contributed by atoms with E-state index in [0.29, 0.717) is 16.3 Å². The van der Waals surface area contributed by atoms with Crippen molar-refractivity contribution >= 4 is 53.3 Å². The van der Waals surface area contributed by atoms with E-state index in [2.05, 4.69) is 5.32 Å². The number of benzene rings is 3. The maximum atomic E-state index is 13.2. The van der Waals surface area contributed by atoms with Crippen molar-refractivity contribution in [1.29, 1.82) is 0 Å². The molecule has 0 aliphatic carbocycles. The van der Waals surface area contributed by atoms with Gasteiger partial charge < -0.3 is 14.2 Å². The van der Waals surface area contributed by atoms with Gasteiger partial charge in [0.15, 0.2) is 11.5 Å². The number of barbiturate groups is 1. The van der Waals surface area contributed by atoms with E-state index >= 15 is 0 Å². The zero-order valence-corrected chi connectivity index (χ0v) is 21.7. The summed E-state index contributed by atoms with van der Waals surface area (Å²) in [5.41, 5.74) is 1.18. The highest BCUT2D eigenvalue weighted by Gasteiger charge is 2.36. The fourth-order valence-electron chi connectivity index (χ4n) is 3.64.